The van der Waals surface area contributed by atoms with Crippen molar-refractivity contribution in [3.8, 4) is 22.6 Å². The van der Waals surface area contributed by atoms with Gasteiger partial charge in [-0.25, -0.2) is 9.97 Å². The molecule has 32 heavy (non-hydrogen) atoms. The molecule has 6 nitrogen and oxygen atoms in total. The summed E-state index contributed by atoms with van der Waals surface area (Å²) in [6, 6.07) is 11.9. The lowest BCUT2D eigenvalue weighted by atomic mass is 10.0. The minimum Gasteiger partial charge on any atom is -0.493 e. The number of hydrogen-bond donors (Lipinski definition) is 0. The Balaban J connectivity index is 1.53. The monoisotopic (exact) mass is 426 g/mol. The van der Waals surface area contributed by atoms with Crippen LogP contribution in [0.15, 0.2) is 84.8 Å². The standard InChI is InChI=1S/C26H22N2O4/c1-29-22-11-9-19(13-23(22)30-2)18-8-10-21-20(12-18)26(28-16-27-21)25-15-31-14-24(32-25)17-6-4-3-5-7-17/h3-4,6,8-16H,5,7H2,1-2H3. The van der Waals surface area contributed by atoms with Crippen molar-refractivity contribution < 1.29 is 18.9 Å². The predicted octanol–water partition coefficient (Wildman–Crippen LogP) is 5.78. The molecule has 0 fully saturated rings. The number of rotatable bonds is 5. The van der Waals surface area contributed by atoms with Crippen LogP contribution in [0.5, 0.6) is 11.5 Å². The third-order valence-corrected chi connectivity index (χ3v) is 5.49. The molecule has 0 unspecified atom stereocenters. The molecule has 0 spiro atoms. The van der Waals surface area contributed by atoms with Gasteiger partial charge in [0.1, 0.15) is 24.5 Å². The molecule has 160 valence electrons. The van der Waals surface area contributed by atoms with Gasteiger partial charge in [0.15, 0.2) is 23.0 Å². The Morgan fingerprint density at radius 1 is 0.875 bits per heavy atom. The van der Waals surface area contributed by atoms with Crippen LogP contribution in [-0.4, -0.2) is 24.2 Å². The number of fused-ring (bicyclic) bond motifs is 1. The zero-order chi connectivity index (χ0) is 21.9. The lowest BCUT2D eigenvalue weighted by Crippen LogP contribution is -2.05. The van der Waals surface area contributed by atoms with Gasteiger partial charge in [0.05, 0.1) is 19.7 Å². The van der Waals surface area contributed by atoms with Crippen LogP contribution < -0.4 is 9.47 Å². The normalized spacial score (nSPS) is 15.2. The number of methoxy groups -OCH3 is 2. The van der Waals surface area contributed by atoms with Crippen molar-refractivity contribution in [3.05, 3.63) is 90.5 Å². The summed E-state index contributed by atoms with van der Waals surface area (Å²) in [6.07, 6.45) is 12.9. The average molecular weight is 426 g/mol. The molecule has 6 heteroatoms. The van der Waals surface area contributed by atoms with Crippen LogP contribution in [0, 0.1) is 0 Å². The van der Waals surface area contributed by atoms with Gasteiger partial charge in [-0.05, 0) is 53.8 Å². The molecular weight excluding hydrogens is 404 g/mol. The third-order valence-electron chi connectivity index (χ3n) is 5.49. The predicted molar refractivity (Wildman–Crippen MR) is 123 cm³/mol. The summed E-state index contributed by atoms with van der Waals surface area (Å²) in [4.78, 5) is 8.94. The van der Waals surface area contributed by atoms with Crippen molar-refractivity contribution in [3.63, 3.8) is 0 Å². The van der Waals surface area contributed by atoms with E-state index < -0.39 is 0 Å². The first kappa shape index (κ1) is 19.9. The molecule has 3 aromatic rings. The Morgan fingerprint density at radius 3 is 2.50 bits per heavy atom. The first-order valence-electron chi connectivity index (χ1n) is 10.3. The first-order chi connectivity index (χ1) is 15.8. The molecule has 0 atom stereocenters. The van der Waals surface area contributed by atoms with Crippen LogP contribution in [0.1, 0.15) is 18.5 Å². The molecule has 1 aliphatic carbocycles. The molecule has 0 saturated heterocycles. The fraction of sp³-hybridized carbons (Fsp3) is 0.154. The summed E-state index contributed by atoms with van der Waals surface area (Å²) in [7, 11) is 3.25. The van der Waals surface area contributed by atoms with Crippen LogP contribution in [0.25, 0.3) is 27.8 Å². The van der Waals surface area contributed by atoms with Crippen molar-refractivity contribution in [2.45, 2.75) is 12.8 Å². The van der Waals surface area contributed by atoms with Gasteiger partial charge in [0, 0.05) is 5.39 Å². The fourth-order valence-corrected chi connectivity index (χ4v) is 3.83. The van der Waals surface area contributed by atoms with Crippen molar-refractivity contribution >= 4 is 16.7 Å². The largest absolute Gasteiger partial charge is 0.493 e. The SMILES string of the molecule is COc1ccc(-c2ccc3ncnc(C4=COC=C(C5=CC=CCC5)O4)c3c2)cc1OC. The Labute approximate surface area is 186 Å². The molecule has 0 amide bonds. The highest BCUT2D eigenvalue weighted by Gasteiger charge is 2.20. The zero-order valence-electron chi connectivity index (χ0n) is 17.9. The van der Waals surface area contributed by atoms with E-state index in [-0.39, 0.29) is 0 Å². The summed E-state index contributed by atoms with van der Waals surface area (Å²) in [6.45, 7) is 0. The van der Waals surface area contributed by atoms with Gasteiger partial charge >= 0.3 is 0 Å². The van der Waals surface area contributed by atoms with Gasteiger partial charge in [-0.3, -0.25) is 0 Å². The quantitative estimate of drug-likeness (QED) is 0.516. The van der Waals surface area contributed by atoms with Crippen molar-refractivity contribution in [2.24, 2.45) is 0 Å². The van der Waals surface area contributed by atoms with Crippen LogP contribution in [-0.2, 0) is 9.47 Å². The van der Waals surface area contributed by atoms with Crippen molar-refractivity contribution in [2.75, 3.05) is 14.2 Å². The van der Waals surface area contributed by atoms with E-state index in [4.69, 9.17) is 18.9 Å². The molecule has 5 rings (SSSR count). The molecule has 0 radical (unpaired) electrons. The molecule has 2 aromatic carbocycles. The summed E-state index contributed by atoms with van der Waals surface area (Å²) >= 11 is 0. The van der Waals surface area contributed by atoms with E-state index in [1.165, 1.54) is 0 Å². The highest BCUT2D eigenvalue weighted by molar-refractivity contribution is 5.92. The number of ether oxygens (including phenoxy) is 4. The molecule has 2 heterocycles. The average Bonchev–Trinajstić information content (AvgIpc) is 2.88. The Hall–Kier alpha value is -4.06. The Morgan fingerprint density at radius 2 is 1.69 bits per heavy atom. The first-order valence-corrected chi connectivity index (χ1v) is 10.3. The minimum atomic E-state index is 0.551. The molecular formula is C26H22N2O4. The summed E-state index contributed by atoms with van der Waals surface area (Å²) in [5.74, 6) is 2.61. The van der Waals surface area contributed by atoms with E-state index in [9.17, 15) is 0 Å². The summed E-state index contributed by atoms with van der Waals surface area (Å²) in [5, 5.41) is 0.869. The maximum absolute atomic E-state index is 6.20. The van der Waals surface area contributed by atoms with E-state index in [0.717, 1.165) is 40.4 Å². The van der Waals surface area contributed by atoms with Crippen LogP contribution in [0.4, 0.5) is 0 Å². The van der Waals surface area contributed by atoms with Gasteiger partial charge in [-0.2, -0.15) is 0 Å². The molecule has 1 aromatic heterocycles. The third kappa shape index (κ3) is 3.71. The van der Waals surface area contributed by atoms with Gasteiger partial charge in [0.2, 0.25) is 0 Å². The molecule has 0 saturated carbocycles. The van der Waals surface area contributed by atoms with Crippen molar-refractivity contribution in [1.29, 1.82) is 0 Å². The second kappa shape index (κ2) is 8.59. The van der Waals surface area contributed by atoms with E-state index >= 15 is 0 Å². The highest BCUT2D eigenvalue weighted by atomic mass is 16.5. The van der Waals surface area contributed by atoms with E-state index in [1.54, 1.807) is 33.1 Å². The van der Waals surface area contributed by atoms with Crippen molar-refractivity contribution in [1.82, 2.24) is 9.97 Å². The van der Waals surface area contributed by atoms with Crippen LogP contribution >= 0.6 is 0 Å². The molecule has 2 aliphatic rings. The second-order valence-electron chi connectivity index (χ2n) is 7.39. The number of hydrogen-bond acceptors (Lipinski definition) is 6. The number of allylic oxidation sites excluding steroid dienone is 4. The lowest BCUT2D eigenvalue weighted by Gasteiger charge is -2.20. The fourth-order valence-electron chi connectivity index (χ4n) is 3.83. The van der Waals surface area contributed by atoms with Crippen LogP contribution in [0.3, 0.4) is 0 Å². The smallest absolute Gasteiger partial charge is 0.188 e. The molecule has 0 N–H and O–H groups in total. The number of benzene rings is 2. The highest BCUT2D eigenvalue weighted by Crippen LogP contribution is 2.36. The maximum Gasteiger partial charge on any atom is 0.188 e. The topological polar surface area (TPSA) is 62.7 Å². The van der Waals surface area contributed by atoms with Gasteiger partial charge in [-0.15, -0.1) is 0 Å². The summed E-state index contributed by atoms with van der Waals surface area (Å²) < 4.78 is 22.6. The van der Waals surface area contributed by atoms with E-state index in [2.05, 4.69) is 28.2 Å². The van der Waals surface area contributed by atoms with Gasteiger partial charge in [-0.1, -0.05) is 30.4 Å². The molecule has 0 bridgehead atoms. The number of aromatic nitrogens is 2. The van der Waals surface area contributed by atoms with Gasteiger partial charge in [0.25, 0.3) is 0 Å². The molecule has 1 aliphatic heterocycles. The maximum atomic E-state index is 6.20. The lowest BCUT2D eigenvalue weighted by molar-refractivity contribution is 0.284. The second-order valence-corrected chi connectivity index (χ2v) is 7.39. The Kier molecular flexibility index (Phi) is 5.34. The van der Waals surface area contributed by atoms with E-state index in [0.29, 0.717) is 28.7 Å². The van der Waals surface area contributed by atoms with E-state index in [1.807, 2.05) is 36.4 Å². The summed E-state index contributed by atoms with van der Waals surface area (Å²) in [5.41, 5.74) is 4.59. The minimum absolute atomic E-state index is 0.551. The van der Waals surface area contributed by atoms with Gasteiger partial charge < -0.3 is 18.9 Å². The van der Waals surface area contributed by atoms with Crippen LogP contribution in [0.2, 0.25) is 0 Å². The Bertz CT molecular complexity index is 1300. The number of nitrogens with zero attached hydrogens (tertiary/aromatic N) is 2. The zero-order valence-corrected chi connectivity index (χ0v) is 17.9.